The molecule has 0 saturated heterocycles. The number of ether oxygens (including phenoxy) is 2. The highest BCUT2D eigenvalue weighted by atomic mass is 16.5. The summed E-state index contributed by atoms with van der Waals surface area (Å²) in [5.74, 6) is 1.37. The van der Waals surface area contributed by atoms with E-state index in [1.165, 1.54) is 0 Å². The third-order valence-electron chi connectivity index (χ3n) is 3.00. The van der Waals surface area contributed by atoms with Crippen molar-refractivity contribution in [2.24, 2.45) is 0 Å². The van der Waals surface area contributed by atoms with E-state index in [0.29, 0.717) is 23.5 Å². The first-order chi connectivity index (χ1) is 9.72. The molecule has 0 amide bonds. The number of hydrogen-bond acceptors (Lipinski definition) is 3. The molecule has 2 rings (SSSR count). The van der Waals surface area contributed by atoms with Crippen molar-refractivity contribution < 1.29 is 14.3 Å². The van der Waals surface area contributed by atoms with Crippen LogP contribution in [0.1, 0.15) is 37.6 Å². The van der Waals surface area contributed by atoms with E-state index in [-0.39, 0.29) is 5.78 Å². The molecule has 0 aliphatic carbocycles. The average molecular weight is 274 g/mol. The van der Waals surface area contributed by atoms with Crippen molar-refractivity contribution in [2.45, 2.75) is 27.2 Å². The first-order valence-corrected chi connectivity index (χ1v) is 6.89. The molecule has 0 N–H and O–H groups in total. The van der Waals surface area contributed by atoms with Gasteiger partial charge in [-0.2, -0.15) is 0 Å². The number of ketones is 1. The Morgan fingerprint density at radius 2 is 1.65 bits per heavy atom. The van der Waals surface area contributed by atoms with Crippen molar-refractivity contribution in [1.82, 2.24) is 0 Å². The van der Waals surface area contributed by atoms with Crippen molar-refractivity contribution in [3.05, 3.63) is 35.9 Å². The molecule has 3 nitrogen and oxygen atoms in total. The summed E-state index contributed by atoms with van der Waals surface area (Å²) in [5.41, 5.74) is 0.579. The summed E-state index contributed by atoms with van der Waals surface area (Å²) in [5, 5.41) is 1.85. The van der Waals surface area contributed by atoms with Crippen LogP contribution in [-0.4, -0.2) is 20.0 Å². The minimum absolute atomic E-state index is 0.0518. The van der Waals surface area contributed by atoms with Gasteiger partial charge in [0, 0.05) is 17.2 Å². The topological polar surface area (TPSA) is 35.5 Å². The Morgan fingerprint density at radius 1 is 1.05 bits per heavy atom. The van der Waals surface area contributed by atoms with E-state index in [1.807, 2.05) is 45.0 Å². The molecule has 2 aromatic carbocycles. The highest BCUT2D eigenvalue weighted by Gasteiger charge is 2.17. The zero-order chi connectivity index (χ0) is 15.1. The number of carbonyl (C=O) groups is 1. The minimum Gasteiger partial charge on any atom is -0.496 e. The second-order valence-electron chi connectivity index (χ2n) is 3.98. The molecule has 0 fully saturated rings. The lowest BCUT2D eigenvalue weighted by Crippen LogP contribution is -2.02. The van der Waals surface area contributed by atoms with Crippen LogP contribution in [0.3, 0.4) is 0 Å². The van der Waals surface area contributed by atoms with Gasteiger partial charge in [0.05, 0.1) is 19.8 Å². The SMILES string of the molecule is CC.CCC(=O)c1cc(OC)c2ccccc2c1OC. The van der Waals surface area contributed by atoms with E-state index < -0.39 is 0 Å². The van der Waals surface area contributed by atoms with Crippen LogP contribution >= 0.6 is 0 Å². The summed E-state index contributed by atoms with van der Waals surface area (Å²) in [6.07, 6.45) is 0.442. The third kappa shape index (κ3) is 2.93. The van der Waals surface area contributed by atoms with Gasteiger partial charge in [-0.25, -0.2) is 0 Å². The monoisotopic (exact) mass is 274 g/mol. The maximum Gasteiger partial charge on any atom is 0.166 e. The van der Waals surface area contributed by atoms with Crippen LogP contribution in [0.25, 0.3) is 10.8 Å². The van der Waals surface area contributed by atoms with Crippen LogP contribution in [0.2, 0.25) is 0 Å². The summed E-state index contributed by atoms with van der Waals surface area (Å²) in [6.45, 7) is 5.84. The van der Waals surface area contributed by atoms with Crippen molar-refractivity contribution >= 4 is 16.6 Å². The number of benzene rings is 2. The number of carbonyl (C=O) groups excluding carboxylic acids is 1. The van der Waals surface area contributed by atoms with Crippen LogP contribution < -0.4 is 9.47 Å². The molecule has 3 heteroatoms. The Balaban J connectivity index is 0.000000956. The first-order valence-electron chi connectivity index (χ1n) is 6.89. The summed E-state index contributed by atoms with van der Waals surface area (Å²) < 4.78 is 10.8. The number of hydrogen-bond donors (Lipinski definition) is 0. The molecule has 0 radical (unpaired) electrons. The molecule has 0 aliphatic heterocycles. The van der Waals surface area contributed by atoms with Gasteiger partial charge in [-0.3, -0.25) is 4.79 Å². The number of rotatable bonds is 4. The predicted molar refractivity (Wildman–Crippen MR) is 83.0 cm³/mol. The molecule has 0 saturated carbocycles. The lowest BCUT2D eigenvalue weighted by atomic mass is 10.0. The Morgan fingerprint density at radius 3 is 2.15 bits per heavy atom. The highest BCUT2D eigenvalue weighted by molar-refractivity contribution is 6.06. The Kier molecular flexibility index (Phi) is 6.04. The van der Waals surface area contributed by atoms with Crippen LogP contribution in [0.15, 0.2) is 30.3 Å². The van der Waals surface area contributed by atoms with E-state index in [2.05, 4.69) is 0 Å². The fourth-order valence-corrected chi connectivity index (χ4v) is 2.10. The Bertz CT molecular complexity index is 588. The smallest absolute Gasteiger partial charge is 0.166 e. The fraction of sp³-hybridized carbons (Fsp3) is 0.353. The van der Waals surface area contributed by atoms with E-state index in [1.54, 1.807) is 20.3 Å². The lowest BCUT2D eigenvalue weighted by Gasteiger charge is -2.13. The van der Waals surface area contributed by atoms with Crippen molar-refractivity contribution in [1.29, 1.82) is 0 Å². The van der Waals surface area contributed by atoms with E-state index >= 15 is 0 Å². The predicted octanol–water partition coefficient (Wildman–Crippen LogP) is 4.48. The van der Waals surface area contributed by atoms with E-state index in [4.69, 9.17) is 9.47 Å². The van der Waals surface area contributed by atoms with Crippen LogP contribution in [-0.2, 0) is 0 Å². The summed E-state index contributed by atoms with van der Waals surface area (Å²) >= 11 is 0. The van der Waals surface area contributed by atoms with Gasteiger partial charge in [0.1, 0.15) is 11.5 Å². The molecule has 0 aliphatic rings. The quantitative estimate of drug-likeness (QED) is 0.771. The zero-order valence-electron chi connectivity index (χ0n) is 12.8. The second-order valence-corrected chi connectivity index (χ2v) is 3.98. The highest BCUT2D eigenvalue weighted by Crippen LogP contribution is 2.36. The molecule has 0 heterocycles. The van der Waals surface area contributed by atoms with Crippen molar-refractivity contribution in [3.63, 3.8) is 0 Å². The number of Topliss-reactive ketones (excluding diaryl/α,β-unsaturated/α-hetero) is 1. The second kappa shape index (κ2) is 7.53. The summed E-state index contributed by atoms with van der Waals surface area (Å²) in [7, 11) is 3.19. The van der Waals surface area contributed by atoms with Crippen LogP contribution in [0.5, 0.6) is 11.5 Å². The van der Waals surface area contributed by atoms with Gasteiger partial charge in [-0.05, 0) is 6.07 Å². The number of fused-ring (bicyclic) bond motifs is 1. The van der Waals surface area contributed by atoms with Crippen LogP contribution in [0.4, 0.5) is 0 Å². The molecule has 20 heavy (non-hydrogen) atoms. The molecule has 0 atom stereocenters. The molecule has 2 aromatic rings. The van der Waals surface area contributed by atoms with Gasteiger partial charge >= 0.3 is 0 Å². The molecule has 0 bridgehead atoms. The number of methoxy groups -OCH3 is 2. The van der Waals surface area contributed by atoms with Crippen LogP contribution in [0, 0.1) is 0 Å². The molecule has 108 valence electrons. The largest absolute Gasteiger partial charge is 0.496 e. The fourth-order valence-electron chi connectivity index (χ4n) is 2.10. The van der Waals surface area contributed by atoms with Gasteiger partial charge < -0.3 is 9.47 Å². The summed E-state index contributed by atoms with van der Waals surface area (Å²) in [6, 6.07) is 9.50. The standard InChI is InChI=1S/C15H16O3.C2H6/c1-4-13(16)12-9-14(17-2)10-7-5-6-8-11(10)15(12)18-3;1-2/h5-9H,4H2,1-3H3;1-2H3. The average Bonchev–Trinajstić information content (AvgIpc) is 2.54. The van der Waals surface area contributed by atoms with Gasteiger partial charge in [0.2, 0.25) is 0 Å². The zero-order valence-corrected chi connectivity index (χ0v) is 12.8. The van der Waals surface area contributed by atoms with Gasteiger partial charge in [0.15, 0.2) is 5.78 Å². The molecule has 0 spiro atoms. The Labute approximate surface area is 120 Å². The van der Waals surface area contributed by atoms with Crippen molar-refractivity contribution in [3.8, 4) is 11.5 Å². The normalized spacial score (nSPS) is 9.65. The van der Waals surface area contributed by atoms with Gasteiger partial charge in [0.25, 0.3) is 0 Å². The first kappa shape index (κ1) is 16.0. The van der Waals surface area contributed by atoms with Crippen molar-refractivity contribution in [2.75, 3.05) is 14.2 Å². The van der Waals surface area contributed by atoms with E-state index in [9.17, 15) is 4.79 Å². The van der Waals surface area contributed by atoms with E-state index in [0.717, 1.165) is 10.8 Å². The van der Waals surface area contributed by atoms with Gasteiger partial charge in [-0.1, -0.05) is 45.0 Å². The lowest BCUT2D eigenvalue weighted by molar-refractivity contribution is 0.0985. The maximum atomic E-state index is 12.0. The minimum atomic E-state index is 0.0518. The molecular formula is C17H22O3. The van der Waals surface area contributed by atoms with Gasteiger partial charge in [-0.15, -0.1) is 0 Å². The maximum absolute atomic E-state index is 12.0. The molecule has 0 unspecified atom stereocenters. The third-order valence-corrected chi connectivity index (χ3v) is 3.00. The molecular weight excluding hydrogens is 252 g/mol. The molecule has 0 aromatic heterocycles. The summed E-state index contributed by atoms with van der Waals surface area (Å²) in [4.78, 5) is 12.0. The Hall–Kier alpha value is -2.03.